The van der Waals surface area contributed by atoms with Gasteiger partial charge in [0.2, 0.25) is 0 Å². The monoisotopic (exact) mass is 2440 g/mol. The first kappa shape index (κ1) is 123. The SMILES string of the molecule is CCC[C@@H](Cc1cc(Br)c(OCC)c(Br)c1)C(=O)C[C@@H](Cc1ccc(OCC)cc1)C(=O)OCC.CCC[C@@H](Cc1cc(Br)c(OCC)c(Br)c1)C(=O)C[C@@H](Cc1ccc(OCC)cc1)C(=O)OCC.CCC[C@@H](Cc1cc(Br)c(OCC)c(Br)c1)C(=O)C[C@@H](Cc1ccc(OCC)cc1)C(=O)OCC.CCC[C@@H](Cc1cc(Br)c(OCC)c(Br)c1)C(=O)C[C@@H](Cc1ccc(OCC)cc1)C(=O)OCC. The summed E-state index contributed by atoms with van der Waals surface area (Å²) in [5, 5.41) is 0. The maximum atomic E-state index is 13.4. The molecule has 0 spiro atoms. The molecule has 0 aromatic heterocycles. The summed E-state index contributed by atoms with van der Waals surface area (Å²) in [4.78, 5) is 105. The van der Waals surface area contributed by atoms with Crippen molar-refractivity contribution in [1.82, 2.24) is 0 Å². The molecule has 0 bridgehead atoms. The molecule has 0 aliphatic rings. The predicted molar refractivity (Wildman–Crippen MR) is 585 cm³/mol. The molecule has 0 fully saturated rings. The van der Waals surface area contributed by atoms with Gasteiger partial charge in [0.25, 0.3) is 0 Å². The molecule has 140 heavy (non-hydrogen) atoms. The van der Waals surface area contributed by atoms with E-state index in [9.17, 15) is 38.4 Å². The van der Waals surface area contributed by atoms with E-state index in [0.717, 1.165) is 178 Å². The van der Waals surface area contributed by atoms with E-state index in [1.165, 1.54) is 0 Å². The number of carbonyl (C=O) groups excluding carboxylic acids is 8. The highest BCUT2D eigenvalue weighted by Gasteiger charge is 2.34. The number of halogens is 8. The normalized spacial score (nSPS) is 12.6. The van der Waals surface area contributed by atoms with Crippen LogP contribution in [0.25, 0.3) is 0 Å². The number of Topliss-reactive ketones (excluding diaryl/α,β-unsaturated/α-hetero) is 4. The lowest BCUT2D eigenvalue weighted by Crippen LogP contribution is -2.27. The van der Waals surface area contributed by atoms with Crippen molar-refractivity contribution in [3.63, 3.8) is 0 Å². The Kier molecular flexibility index (Phi) is 60.4. The van der Waals surface area contributed by atoms with Crippen LogP contribution in [0.1, 0.15) is 232 Å². The topological polar surface area (TPSA) is 247 Å². The van der Waals surface area contributed by atoms with E-state index < -0.39 is 23.7 Å². The molecule has 0 saturated carbocycles. The molecular weight excluding hydrogens is 2300 g/mol. The van der Waals surface area contributed by atoms with Crippen molar-refractivity contribution >= 4 is 174 Å². The van der Waals surface area contributed by atoms with Gasteiger partial charge >= 0.3 is 23.9 Å². The van der Waals surface area contributed by atoms with E-state index in [1.807, 2.05) is 201 Å². The quantitative estimate of drug-likeness (QED) is 0.0254. The van der Waals surface area contributed by atoms with Gasteiger partial charge in [0.15, 0.2) is 0 Å². The van der Waals surface area contributed by atoms with Gasteiger partial charge in [-0.2, -0.15) is 0 Å². The van der Waals surface area contributed by atoms with Crippen molar-refractivity contribution in [2.75, 3.05) is 79.3 Å². The summed E-state index contributed by atoms with van der Waals surface area (Å²) in [6.45, 7) is 36.8. The minimum absolute atomic E-state index is 0.0944. The zero-order chi connectivity index (χ0) is 103. The van der Waals surface area contributed by atoms with Gasteiger partial charge in [0.05, 0.1) is 139 Å². The third kappa shape index (κ3) is 43.5. The second-order valence-electron chi connectivity index (χ2n) is 33.6. The highest BCUT2D eigenvalue weighted by molar-refractivity contribution is 9.12. The predicted octanol–water partition coefficient (Wildman–Crippen LogP) is 29.4. The highest BCUT2D eigenvalue weighted by Crippen LogP contribution is 2.42. The molecule has 0 aliphatic heterocycles. The van der Waals surface area contributed by atoms with Crippen molar-refractivity contribution in [3.05, 3.63) is 226 Å². The van der Waals surface area contributed by atoms with Crippen LogP contribution < -0.4 is 37.9 Å². The van der Waals surface area contributed by atoms with Crippen molar-refractivity contribution in [2.45, 2.75) is 239 Å². The third-order valence-electron chi connectivity index (χ3n) is 22.8. The second-order valence-corrected chi connectivity index (χ2v) is 40.5. The number of hydrogen-bond acceptors (Lipinski definition) is 20. The zero-order valence-electron chi connectivity index (χ0n) is 84.3. The molecular formula is C112H144Br8O20. The van der Waals surface area contributed by atoms with Gasteiger partial charge in [-0.05, 0) is 429 Å². The molecule has 0 radical (unpaired) electrons. The minimum Gasteiger partial charge on any atom is -0.494 e. The smallest absolute Gasteiger partial charge is 0.309 e. The lowest BCUT2D eigenvalue weighted by molar-refractivity contribution is -0.150. The van der Waals surface area contributed by atoms with E-state index in [2.05, 4.69) is 155 Å². The van der Waals surface area contributed by atoms with E-state index in [-0.39, 0.29) is 96.4 Å². The van der Waals surface area contributed by atoms with E-state index in [1.54, 1.807) is 27.7 Å². The average molecular weight is 2450 g/mol. The third-order valence-corrected chi connectivity index (χ3v) is 27.5. The fourth-order valence-corrected chi connectivity index (χ4v) is 22.5. The second kappa shape index (κ2) is 68.8. The number of rotatable bonds is 60. The average Bonchev–Trinajstić information content (AvgIpc) is 0.837. The Bertz CT molecular complexity index is 4370. The van der Waals surface area contributed by atoms with Crippen LogP contribution in [0.2, 0.25) is 0 Å². The Hall–Kier alpha value is -7.44. The van der Waals surface area contributed by atoms with E-state index in [4.69, 9.17) is 56.8 Å². The lowest BCUT2D eigenvalue weighted by atomic mass is 9.85. The van der Waals surface area contributed by atoms with Crippen LogP contribution in [-0.4, -0.2) is 126 Å². The Morgan fingerprint density at radius 3 is 0.486 bits per heavy atom. The van der Waals surface area contributed by atoms with Gasteiger partial charge in [0.1, 0.15) is 69.1 Å². The molecule has 8 rings (SSSR count). The van der Waals surface area contributed by atoms with Crippen LogP contribution in [0.3, 0.4) is 0 Å². The molecule has 28 heteroatoms. The van der Waals surface area contributed by atoms with Crippen molar-refractivity contribution < 1.29 is 95.2 Å². The number of esters is 4. The standard InChI is InChI=1S/4C28H36Br2O5/c4*1-5-9-21(15-20-16-24(29)27(34-7-3)25(30)17-20)26(31)18-22(28(32)35-8-4)14-19-10-12-23(13-11-19)33-6-2/h4*10-13,16-17,21-22H,5-9,14-15,18H2,1-4H3/t4*21-,22+/m0000/s1. The van der Waals surface area contributed by atoms with Crippen LogP contribution in [0.5, 0.6) is 46.0 Å². The number of ether oxygens (including phenoxy) is 12. The van der Waals surface area contributed by atoms with Crippen LogP contribution in [0, 0.1) is 47.3 Å². The van der Waals surface area contributed by atoms with Crippen molar-refractivity contribution in [3.8, 4) is 46.0 Å². The molecule has 0 saturated heterocycles. The summed E-state index contributed by atoms with van der Waals surface area (Å²) in [7, 11) is 0. The van der Waals surface area contributed by atoms with Crippen LogP contribution in [0.4, 0.5) is 0 Å². The van der Waals surface area contributed by atoms with Gasteiger partial charge < -0.3 is 56.8 Å². The first-order valence-corrected chi connectivity index (χ1v) is 55.7. The molecule has 768 valence electrons. The fourth-order valence-electron chi connectivity index (χ4n) is 16.4. The molecule has 0 unspecified atom stereocenters. The molecule has 20 nitrogen and oxygen atoms in total. The Balaban J connectivity index is 0.000000329. The van der Waals surface area contributed by atoms with Crippen molar-refractivity contribution in [1.29, 1.82) is 0 Å². The van der Waals surface area contributed by atoms with Crippen molar-refractivity contribution in [2.24, 2.45) is 47.3 Å². The summed E-state index contributed by atoms with van der Waals surface area (Å²) in [5.41, 5.74) is 8.07. The first-order valence-electron chi connectivity index (χ1n) is 49.4. The minimum atomic E-state index is -0.515. The largest absolute Gasteiger partial charge is 0.494 e. The summed E-state index contributed by atoms with van der Waals surface area (Å²) in [6, 6.07) is 46.8. The number of carbonyl (C=O) groups is 8. The van der Waals surface area contributed by atoms with Crippen LogP contribution in [-0.2, 0) is 109 Å². The molecule has 0 aliphatic carbocycles. The Labute approximate surface area is 899 Å². The molecule has 0 heterocycles. The highest BCUT2D eigenvalue weighted by atomic mass is 79.9. The van der Waals surface area contributed by atoms with Crippen LogP contribution >= 0.6 is 127 Å². The maximum Gasteiger partial charge on any atom is 0.309 e. The van der Waals surface area contributed by atoms with Gasteiger partial charge in [-0.25, -0.2) is 0 Å². The summed E-state index contributed by atoms with van der Waals surface area (Å²) >= 11 is 28.7. The van der Waals surface area contributed by atoms with E-state index >= 15 is 0 Å². The molecule has 0 amide bonds. The van der Waals surface area contributed by atoms with Gasteiger partial charge in [-0.15, -0.1) is 0 Å². The van der Waals surface area contributed by atoms with E-state index in [0.29, 0.717) is 131 Å². The molecule has 8 atom stereocenters. The summed E-state index contributed by atoms with van der Waals surface area (Å²) in [5.74, 6) is 2.52. The number of benzene rings is 8. The first-order chi connectivity index (χ1) is 67.3. The molecule has 8 aromatic rings. The zero-order valence-corrected chi connectivity index (χ0v) is 97.0. The Morgan fingerprint density at radius 1 is 0.200 bits per heavy atom. The maximum absolute atomic E-state index is 13.4. The van der Waals surface area contributed by atoms with Crippen LogP contribution in [0.15, 0.2) is 181 Å². The number of ketones is 4. The van der Waals surface area contributed by atoms with Gasteiger partial charge in [-0.3, -0.25) is 38.4 Å². The number of hydrogen-bond donors (Lipinski definition) is 0. The van der Waals surface area contributed by atoms with Gasteiger partial charge in [0, 0.05) is 49.4 Å². The van der Waals surface area contributed by atoms with Gasteiger partial charge in [-0.1, -0.05) is 102 Å². The molecule has 8 aromatic carbocycles. The Morgan fingerprint density at radius 2 is 0.350 bits per heavy atom. The lowest BCUT2D eigenvalue weighted by Gasteiger charge is -2.20. The molecule has 0 N–H and O–H groups in total. The summed E-state index contributed by atoms with van der Waals surface area (Å²) < 4.78 is 72.9. The summed E-state index contributed by atoms with van der Waals surface area (Å²) in [6.07, 6.45) is 11.5. The fraction of sp³-hybridized carbons (Fsp3) is 0.500.